The van der Waals surface area contributed by atoms with E-state index >= 15 is 0 Å². The Morgan fingerprint density at radius 1 is 1.30 bits per heavy atom. The molecule has 1 heterocycles. The predicted octanol–water partition coefficient (Wildman–Crippen LogP) is 1.38. The van der Waals surface area contributed by atoms with Gasteiger partial charge in [0.05, 0.1) is 5.92 Å². The Morgan fingerprint density at radius 3 is 2.40 bits per heavy atom. The Morgan fingerprint density at radius 2 is 1.95 bits per heavy atom. The third-order valence-electron chi connectivity index (χ3n) is 5.16. The zero-order chi connectivity index (χ0) is 14.8. The van der Waals surface area contributed by atoms with Crippen LogP contribution in [0.25, 0.3) is 0 Å². The summed E-state index contributed by atoms with van der Waals surface area (Å²) in [6, 6.07) is 0. The van der Waals surface area contributed by atoms with Gasteiger partial charge in [0, 0.05) is 6.54 Å². The second-order valence-electron chi connectivity index (χ2n) is 6.47. The molecule has 5 heteroatoms. The van der Waals surface area contributed by atoms with Gasteiger partial charge < -0.3 is 15.7 Å². The van der Waals surface area contributed by atoms with Gasteiger partial charge in [0.15, 0.2) is 0 Å². The van der Waals surface area contributed by atoms with Crippen LogP contribution >= 0.6 is 0 Å². The maximum absolute atomic E-state index is 12.4. The molecule has 2 aliphatic rings. The molecule has 0 aromatic heterocycles. The van der Waals surface area contributed by atoms with E-state index in [1.54, 1.807) is 0 Å². The molecule has 2 rings (SSSR count). The zero-order valence-electron chi connectivity index (χ0n) is 12.4. The number of carboxylic acid groups (broad SMARTS) is 1. The van der Waals surface area contributed by atoms with Crippen LogP contribution in [0.1, 0.15) is 46.0 Å². The van der Waals surface area contributed by atoms with Gasteiger partial charge in [-0.15, -0.1) is 0 Å². The largest absolute Gasteiger partial charge is 0.480 e. The molecule has 0 radical (unpaired) electrons. The molecule has 1 saturated carbocycles. The number of carbonyl (C=O) groups is 2. The van der Waals surface area contributed by atoms with Gasteiger partial charge in [-0.2, -0.15) is 0 Å². The van der Waals surface area contributed by atoms with Crippen molar-refractivity contribution in [3.63, 3.8) is 0 Å². The first-order valence-electron chi connectivity index (χ1n) is 7.74. The van der Waals surface area contributed by atoms with Crippen LogP contribution in [-0.2, 0) is 9.59 Å². The van der Waals surface area contributed by atoms with Crippen LogP contribution in [-0.4, -0.2) is 35.6 Å². The van der Waals surface area contributed by atoms with Gasteiger partial charge in [0.25, 0.3) is 0 Å². The predicted molar refractivity (Wildman–Crippen MR) is 76.3 cm³/mol. The molecule has 0 bridgehead atoms. The normalized spacial score (nSPS) is 37.6. The number of aliphatic carboxylic acids is 1. The Hall–Kier alpha value is -1.10. The lowest BCUT2D eigenvalue weighted by atomic mass is 9.75. The van der Waals surface area contributed by atoms with Crippen LogP contribution in [0.5, 0.6) is 0 Å². The van der Waals surface area contributed by atoms with Gasteiger partial charge in [0.2, 0.25) is 5.91 Å². The van der Waals surface area contributed by atoms with E-state index in [4.69, 9.17) is 0 Å². The number of carboxylic acids is 1. The number of hydrogen-bond acceptors (Lipinski definition) is 3. The molecule has 2 unspecified atom stereocenters. The van der Waals surface area contributed by atoms with E-state index in [0.29, 0.717) is 25.3 Å². The fourth-order valence-corrected chi connectivity index (χ4v) is 3.46. The third kappa shape index (κ3) is 2.97. The minimum Gasteiger partial charge on any atom is -0.480 e. The van der Waals surface area contributed by atoms with Crippen LogP contribution in [0.15, 0.2) is 0 Å². The molecule has 1 aliphatic heterocycles. The number of hydrogen-bond donors (Lipinski definition) is 3. The minimum absolute atomic E-state index is 0.0974. The number of carbonyl (C=O) groups excluding carboxylic acids is 1. The van der Waals surface area contributed by atoms with Gasteiger partial charge in [-0.3, -0.25) is 4.79 Å². The van der Waals surface area contributed by atoms with E-state index < -0.39 is 11.5 Å². The van der Waals surface area contributed by atoms with Crippen LogP contribution in [0.2, 0.25) is 0 Å². The minimum atomic E-state index is -1.04. The topological polar surface area (TPSA) is 78.4 Å². The summed E-state index contributed by atoms with van der Waals surface area (Å²) in [7, 11) is 0. The molecule has 2 atom stereocenters. The first-order chi connectivity index (χ1) is 9.48. The monoisotopic (exact) mass is 282 g/mol. The molecule has 3 N–H and O–H groups in total. The maximum atomic E-state index is 12.4. The Balaban J connectivity index is 2.03. The van der Waals surface area contributed by atoms with Crippen molar-refractivity contribution in [1.29, 1.82) is 0 Å². The van der Waals surface area contributed by atoms with E-state index in [1.807, 2.05) is 6.92 Å². The van der Waals surface area contributed by atoms with Gasteiger partial charge in [-0.25, -0.2) is 4.79 Å². The average Bonchev–Trinajstić information content (AvgIpc) is 2.85. The number of amides is 1. The lowest BCUT2D eigenvalue weighted by Crippen LogP contribution is -2.58. The molecule has 5 nitrogen and oxygen atoms in total. The zero-order valence-corrected chi connectivity index (χ0v) is 12.4. The van der Waals surface area contributed by atoms with Gasteiger partial charge in [-0.05, 0) is 44.1 Å². The second-order valence-corrected chi connectivity index (χ2v) is 6.47. The van der Waals surface area contributed by atoms with Crippen molar-refractivity contribution in [1.82, 2.24) is 10.6 Å². The smallest absolute Gasteiger partial charge is 0.329 e. The first-order valence-corrected chi connectivity index (χ1v) is 7.74. The van der Waals surface area contributed by atoms with Gasteiger partial charge in [0.1, 0.15) is 5.54 Å². The summed E-state index contributed by atoms with van der Waals surface area (Å²) in [6.07, 6.45) is 3.98. The van der Waals surface area contributed by atoms with Crippen molar-refractivity contribution in [3.05, 3.63) is 0 Å². The molecule has 1 aliphatic carbocycles. The van der Waals surface area contributed by atoms with Gasteiger partial charge >= 0.3 is 5.97 Å². The molecular weight excluding hydrogens is 256 g/mol. The lowest BCUT2D eigenvalue weighted by molar-refractivity contribution is -0.150. The molecule has 0 spiro atoms. The first kappa shape index (κ1) is 15.3. The van der Waals surface area contributed by atoms with Crippen molar-refractivity contribution in [2.75, 3.05) is 13.1 Å². The quantitative estimate of drug-likeness (QED) is 0.728. The fraction of sp³-hybridized carbons (Fsp3) is 0.867. The highest BCUT2D eigenvalue weighted by Gasteiger charge is 2.44. The van der Waals surface area contributed by atoms with Crippen LogP contribution in [0.3, 0.4) is 0 Å². The van der Waals surface area contributed by atoms with Gasteiger partial charge in [-0.1, -0.05) is 20.3 Å². The second kappa shape index (κ2) is 6.12. The Kier molecular flexibility index (Phi) is 4.68. The molecule has 114 valence electrons. The molecule has 0 aromatic rings. The van der Waals surface area contributed by atoms with Crippen molar-refractivity contribution >= 4 is 11.9 Å². The van der Waals surface area contributed by atoms with Crippen LogP contribution < -0.4 is 10.6 Å². The molecule has 20 heavy (non-hydrogen) atoms. The average molecular weight is 282 g/mol. The summed E-state index contributed by atoms with van der Waals surface area (Å²) in [5.41, 5.74) is -1.04. The molecule has 2 fully saturated rings. The highest BCUT2D eigenvalue weighted by Crippen LogP contribution is 2.34. The highest BCUT2D eigenvalue weighted by molar-refractivity contribution is 5.88. The Bertz CT molecular complexity index is 375. The summed E-state index contributed by atoms with van der Waals surface area (Å²) in [4.78, 5) is 24.0. The molecule has 1 saturated heterocycles. The highest BCUT2D eigenvalue weighted by atomic mass is 16.4. The molecule has 1 amide bonds. The van der Waals surface area contributed by atoms with Crippen LogP contribution in [0.4, 0.5) is 0 Å². The number of rotatable bonds is 4. The summed E-state index contributed by atoms with van der Waals surface area (Å²) < 4.78 is 0. The van der Waals surface area contributed by atoms with E-state index in [1.165, 1.54) is 0 Å². The van der Waals surface area contributed by atoms with E-state index in [0.717, 1.165) is 25.8 Å². The standard InChI is InChI=1S/C15H26N2O3/c1-3-11-4-6-15(7-5-11,14(19)20)17-13(18)12-9-16-8-10(12)2/h10-12,16H,3-9H2,1-2H3,(H,17,18)(H,19,20). The summed E-state index contributed by atoms with van der Waals surface area (Å²) >= 11 is 0. The molecule has 0 aromatic carbocycles. The summed E-state index contributed by atoms with van der Waals surface area (Å²) in [6.45, 7) is 5.66. The maximum Gasteiger partial charge on any atom is 0.329 e. The summed E-state index contributed by atoms with van der Waals surface area (Å²) in [5.74, 6) is -0.201. The van der Waals surface area contributed by atoms with E-state index in [9.17, 15) is 14.7 Å². The van der Waals surface area contributed by atoms with Crippen molar-refractivity contribution < 1.29 is 14.7 Å². The molecular formula is C15H26N2O3. The van der Waals surface area contributed by atoms with E-state index in [-0.39, 0.29) is 17.7 Å². The third-order valence-corrected chi connectivity index (χ3v) is 5.16. The Labute approximate surface area is 120 Å². The van der Waals surface area contributed by atoms with Crippen molar-refractivity contribution in [2.24, 2.45) is 17.8 Å². The van der Waals surface area contributed by atoms with Crippen molar-refractivity contribution in [3.8, 4) is 0 Å². The van der Waals surface area contributed by atoms with Crippen LogP contribution in [0, 0.1) is 17.8 Å². The number of nitrogens with one attached hydrogen (secondary N) is 2. The summed E-state index contributed by atoms with van der Waals surface area (Å²) in [5, 5.41) is 15.6. The fourth-order valence-electron chi connectivity index (χ4n) is 3.46. The van der Waals surface area contributed by atoms with Crippen molar-refractivity contribution in [2.45, 2.75) is 51.5 Å². The lowest BCUT2D eigenvalue weighted by Gasteiger charge is -2.38. The SMILES string of the molecule is CCC1CCC(NC(=O)C2CNCC2C)(C(=O)O)CC1. The van der Waals surface area contributed by atoms with E-state index in [2.05, 4.69) is 17.6 Å².